The number of nitrogens with zero attached hydrogens (tertiary/aromatic N) is 1. The Morgan fingerprint density at radius 3 is 2.67 bits per heavy atom. The van der Waals surface area contributed by atoms with Gasteiger partial charge in [0.25, 0.3) is 0 Å². The van der Waals surface area contributed by atoms with Crippen molar-refractivity contribution >= 4 is 11.5 Å². The van der Waals surface area contributed by atoms with Gasteiger partial charge in [0.2, 0.25) is 5.91 Å². The molecule has 3 nitrogen and oxygen atoms in total. The van der Waals surface area contributed by atoms with Crippen LogP contribution in [-0.4, -0.2) is 29.4 Å². The first-order chi connectivity index (χ1) is 13.0. The number of rotatable bonds is 3. The number of hydrogen-bond acceptors (Lipinski definition) is 2. The molecule has 140 valence electrons. The molecule has 2 aromatic carbocycles. The van der Waals surface area contributed by atoms with Crippen molar-refractivity contribution in [1.82, 2.24) is 10.2 Å². The summed E-state index contributed by atoms with van der Waals surface area (Å²) in [6.45, 7) is 2.99. The van der Waals surface area contributed by atoms with Gasteiger partial charge in [-0.05, 0) is 55.6 Å². The van der Waals surface area contributed by atoms with Crippen molar-refractivity contribution in [2.45, 2.75) is 31.3 Å². The van der Waals surface area contributed by atoms with Crippen LogP contribution < -0.4 is 5.32 Å². The minimum Gasteiger partial charge on any atom is -0.326 e. The maximum atomic E-state index is 14.3. The summed E-state index contributed by atoms with van der Waals surface area (Å²) >= 11 is 0. The number of amides is 1. The van der Waals surface area contributed by atoms with Gasteiger partial charge >= 0.3 is 0 Å². The van der Waals surface area contributed by atoms with Gasteiger partial charge in [-0.2, -0.15) is 0 Å². The van der Waals surface area contributed by atoms with Gasteiger partial charge in [0.1, 0.15) is 11.6 Å². The van der Waals surface area contributed by atoms with E-state index in [1.54, 1.807) is 4.90 Å². The lowest BCUT2D eigenvalue weighted by molar-refractivity contribution is -0.137. The highest BCUT2D eigenvalue weighted by Gasteiger charge is 2.43. The smallest absolute Gasteiger partial charge is 0.243 e. The Balaban J connectivity index is 1.73. The van der Waals surface area contributed by atoms with E-state index in [2.05, 4.69) is 5.32 Å². The van der Waals surface area contributed by atoms with E-state index in [0.717, 1.165) is 37.1 Å². The number of hydrogen-bond donors (Lipinski definition) is 1. The molecule has 0 radical (unpaired) electrons. The molecule has 0 saturated carbocycles. The lowest BCUT2D eigenvalue weighted by Crippen LogP contribution is -2.52. The zero-order chi connectivity index (χ0) is 19.0. The molecule has 1 fully saturated rings. The third-order valence-corrected chi connectivity index (χ3v) is 5.55. The van der Waals surface area contributed by atoms with Crippen molar-refractivity contribution in [2.24, 2.45) is 0 Å². The van der Waals surface area contributed by atoms with Crippen LogP contribution in [0.25, 0.3) is 5.57 Å². The van der Waals surface area contributed by atoms with E-state index in [0.29, 0.717) is 5.57 Å². The molecule has 1 N–H and O–H groups in total. The largest absolute Gasteiger partial charge is 0.326 e. The predicted octanol–water partition coefficient (Wildman–Crippen LogP) is 4.07. The normalized spacial score (nSPS) is 24.9. The van der Waals surface area contributed by atoms with Gasteiger partial charge in [-0.1, -0.05) is 36.4 Å². The van der Waals surface area contributed by atoms with E-state index in [1.165, 1.54) is 6.07 Å². The molecular formula is C22H22F2N2O. The fraction of sp³-hybridized carbons (Fsp3) is 0.318. The van der Waals surface area contributed by atoms with E-state index >= 15 is 0 Å². The Bertz CT molecular complexity index is 888. The Morgan fingerprint density at radius 2 is 1.96 bits per heavy atom. The van der Waals surface area contributed by atoms with Crippen molar-refractivity contribution < 1.29 is 13.6 Å². The summed E-state index contributed by atoms with van der Waals surface area (Å²) in [6, 6.07) is 12.8. The Labute approximate surface area is 157 Å². The van der Waals surface area contributed by atoms with Crippen molar-refractivity contribution in [1.29, 1.82) is 0 Å². The van der Waals surface area contributed by atoms with E-state index in [1.807, 2.05) is 43.3 Å². The van der Waals surface area contributed by atoms with Gasteiger partial charge in [-0.3, -0.25) is 4.79 Å². The highest BCUT2D eigenvalue weighted by molar-refractivity contribution is 5.90. The lowest BCUT2D eigenvalue weighted by atomic mass is 9.97. The highest BCUT2D eigenvalue weighted by atomic mass is 19.1. The molecular weight excluding hydrogens is 346 g/mol. The van der Waals surface area contributed by atoms with Crippen LogP contribution in [0.4, 0.5) is 8.78 Å². The third kappa shape index (κ3) is 3.28. The van der Waals surface area contributed by atoms with Gasteiger partial charge in [0, 0.05) is 12.1 Å². The molecule has 2 aliphatic rings. The van der Waals surface area contributed by atoms with Crippen molar-refractivity contribution in [3.8, 4) is 0 Å². The van der Waals surface area contributed by atoms with Crippen molar-refractivity contribution in [2.75, 3.05) is 13.1 Å². The van der Waals surface area contributed by atoms with Crippen molar-refractivity contribution in [3.63, 3.8) is 0 Å². The average Bonchev–Trinajstić information content (AvgIpc) is 3.31. The number of carbonyl (C=O) groups is 1. The molecule has 0 spiro atoms. The summed E-state index contributed by atoms with van der Waals surface area (Å²) in [5, 5.41) is 3.31. The van der Waals surface area contributed by atoms with Crippen LogP contribution in [0.5, 0.6) is 0 Å². The van der Waals surface area contributed by atoms with Gasteiger partial charge in [0.15, 0.2) is 0 Å². The van der Waals surface area contributed by atoms with E-state index in [-0.39, 0.29) is 24.1 Å². The van der Waals surface area contributed by atoms with Crippen LogP contribution in [-0.2, 0) is 4.79 Å². The fourth-order valence-electron chi connectivity index (χ4n) is 4.05. The average molecular weight is 368 g/mol. The van der Waals surface area contributed by atoms with Gasteiger partial charge in [0.05, 0.1) is 11.6 Å². The quantitative estimate of drug-likeness (QED) is 0.886. The van der Waals surface area contributed by atoms with Gasteiger partial charge in [-0.25, -0.2) is 8.78 Å². The minimum atomic E-state index is -0.614. The standard InChI is InChI=1S/C22H22F2N2O/c1-22(10-5-11-25-22)21(27)26-14-16(18-13-17(23)8-9-19(18)24)12-20(26)15-6-3-2-4-7-15/h2-4,6-9,12-13,20,25H,5,10-11,14H2,1H3/t20?,22-/m0/s1. The topological polar surface area (TPSA) is 32.3 Å². The summed E-state index contributed by atoms with van der Waals surface area (Å²) in [4.78, 5) is 15.1. The number of benzene rings is 2. The molecule has 0 bridgehead atoms. The minimum absolute atomic E-state index is 0.00286. The molecule has 2 aliphatic heterocycles. The first kappa shape index (κ1) is 17.9. The molecule has 2 atom stereocenters. The number of carbonyl (C=O) groups excluding carboxylic acids is 1. The van der Waals surface area contributed by atoms with Gasteiger partial charge < -0.3 is 10.2 Å². The fourth-order valence-corrected chi connectivity index (χ4v) is 4.05. The van der Waals surface area contributed by atoms with E-state index in [4.69, 9.17) is 0 Å². The second-order valence-electron chi connectivity index (χ2n) is 7.47. The summed E-state index contributed by atoms with van der Waals surface area (Å²) in [5.74, 6) is -0.969. The number of halogens is 2. The second-order valence-corrected chi connectivity index (χ2v) is 7.47. The van der Waals surface area contributed by atoms with E-state index in [9.17, 15) is 13.6 Å². The van der Waals surface area contributed by atoms with E-state index < -0.39 is 17.2 Å². The zero-order valence-electron chi connectivity index (χ0n) is 15.2. The van der Waals surface area contributed by atoms with Crippen LogP contribution in [0.2, 0.25) is 0 Å². The summed E-state index contributed by atoms with van der Waals surface area (Å²) in [6.07, 6.45) is 3.60. The Morgan fingerprint density at radius 1 is 1.19 bits per heavy atom. The van der Waals surface area contributed by atoms with Crippen LogP contribution in [0.15, 0.2) is 54.6 Å². The summed E-state index contributed by atoms with van der Waals surface area (Å²) in [7, 11) is 0. The van der Waals surface area contributed by atoms with Crippen LogP contribution in [0, 0.1) is 11.6 Å². The molecule has 2 aromatic rings. The molecule has 0 aliphatic carbocycles. The van der Waals surface area contributed by atoms with Crippen LogP contribution in [0.1, 0.15) is 36.9 Å². The molecule has 27 heavy (non-hydrogen) atoms. The summed E-state index contributed by atoms with van der Waals surface area (Å²) < 4.78 is 28.0. The molecule has 1 saturated heterocycles. The maximum absolute atomic E-state index is 14.3. The third-order valence-electron chi connectivity index (χ3n) is 5.55. The maximum Gasteiger partial charge on any atom is 0.243 e. The lowest BCUT2D eigenvalue weighted by Gasteiger charge is -2.33. The first-order valence-corrected chi connectivity index (χ1v) is 9.25. The summed E-state index contributed by atoms with van der Waals surface area (Å²) in [5.41, 5.74) is 1.20. The first-order valence-electron chi connectivity index (χ1n) is 9.25. The molecule has 5 heteroatoms. The molecule has 2 heterocycles. The molecule has 1 unspecified atom stereocenters. The van der Waals surface area contributed by atoms with Crippen molar-refractivity contribution in [3.05, 3.63) is 77.4 Å². The highest BCUT2D eigenvalue weighted by Crippen LogP contribution is 2.38. The van der Waals surface area contributed by atoms with Crippen LogP contribution in [0.3, 0.4) is 0 Å². The monoisotopic (exact) mass is 368 g/mol. The van der Waals surface area contributed by atoms with Crippen LogP contribution >= 0.6 is 0 Å². The SMILES string of the molecule is C[C@@]1(C(=O)N2CC(c3cc(F)ccc3F)=CC2c2ccccc2)CCCN1. The predicted molar refractivity (Wildman–Crippen MR) is 101 cm³/mol. The molecule has 4 rings (SSSR count). The zero-order valence-corrected chi connectivity index (χ0v) is 15.2. The molecule has 1 amide bonds. The Hall–Kier alpha value is -2.53. The number of nitrogens with one attached hydrogen (secondary N) is 1. The second kappa shape index (κ2) is 6.89. The Kier molecular flexibility index (Phi) is 4.56. The van der Waals surface area contributed by atoms with Gasteiger partial charge in [-0.15, -0.1) is 0 Å². The molecule has 0 aromatic heterocycles.